The highest BCUT2D eigenvalue weighted by molar-refractivity contribution is 6.30. The van der Waals surface area contributed by atoms with Gasteiger partial charge >= 0.3 is 0 Å². The zero-order chi connectivity index (χ0) is 17.5. The van der Waals surface area contributed by atoms with Crippen molar-refractivity contribution in [3.05, 3.63) is 64.7 Å². The number of aryl methyl sites for hydroxylation is 1. The molecule has 0 atom stereocenters. The molecule has 0 spiro atoms. The first-order chi connectivity index (χ1) is 12.2. The van der Waals surface area contributed by atoms with Crippen molar-refractivity contribution in [2.45, 2.75) is 38.4 Å². The van der Waals surface area contributed by atoms with E-state index in [0.29, 0.717) is 6.61 Å². The number of benzene rings is 2. The Kier molecular flexibility index (Phi) is 6.74. The van der Waals surface area contributed by atoms with Crippen molar-refractivity contribution in [1.29, 1.82) is 0 Å². The van der Waals surface area contributed by atoms with Gasteiger partial charge in [-0.05, 0) is 67.6 Å². The monoisotopic (exact) mass is 359 g/mol. The zero-order valence-corrected chi connectivity index (χ0v) is 15.3. The Bertz CT molecular complexity index is 651. The van der Waals surface area contributed by atoms with Crippen molar-refractivity contribution < 1.29 is 9.84 Å². The molecule has 3 rings (SSSR count). The largest absolute Gasteiger partial charge is 0.489 e. The molecule has 4 heteroatoms. The minimum atomic E-state index is -0.0954. The van der Waals surface area contributed by atoms with Crippen molar-refractivity contribution in [3.8, 4) is 5.75 Å². The van der Waals surface area contributed by atoms with Gasteiger partial charge in [-0.1, -0.05) is 35.9 Å². The van der Waals surface area contributed by atoms with Gasteiger partial charge in [-0.3, -0.25) is 0 Å². The summed E-state index contributed by atoms with van der Waals surface area (Å²) in [6.45, 7) is 3.71. The van der Waals surface area contributed by atoms with Crippen LogP contribution in [0.25, 0.3) is 0 Å². The predicted octanol–water partition coefficient (Wildman–Crippen LogP) is 4.31. The number of aliphatic hydroxyl groups is 1. The Morgan fingerprint density at radius 3 is 2.40 bits per heavy atom. The number of likely N-dealkylation sites (tertiary alicyclic amines) is 1. The first-order valence-electron chi connectivity index (χ1n) is 9.06. The van der Waals surface area contributed by atoms with E-state index in [0.717, 1.165) is 56.1 Å². The Labute approximate surface area is 155 Å². The molecule has 2 aromatic carbocycles. The van der Waals surface area contributed by atoms with Crippen LogP contribution in [0.2, 0.25) is 5.02 Å². The van der Waals surface area contributed by atoms with Crippen molar-refractivity contribution in [2.75, 3.05) is 19.6 Å². The predicted molar refractivity (Wildman–Crippen MR) is 102 cm³/mol. The molecule has 2 aromatic rings. The fourth-order valence-electron chi connectivity index (χ4n) is 3.27. The molecule has 134 valence electrons. The molecule has 3 nitrogen and oxygen atoms in total. The van der Waals surface area contributed by atoms with Crippen LogP contribution in [0.4, 0.5) is 0 Å². The Hall–Kier alpha value is -1.55. The number of halogens is 1. The summed E-state index contributed by atoms with van der Waals surface area (Å²) in [6.07, 6.45) is 3.91. The first kappa shape index (κ1) is 18.2. The third-order valence-corrected chi connectivity index (χ3v) is 5.06. The third-order valence-electron chi connectivity index (χ3n) is 4.80. The highest BCUT2D eigenvalue weighted by atomic mass is 35.5. The van der Waals surface area contributed by atoms with Crippen LogP contribution in [0.5, 0.6) is 5.75 Å². The number of ether oxygens (including phenoxy) is 1. The number of hydrogen-bond donors (Lipinski definition) is 1. The highest BCUT2D eigenvalue weighted by Gasteiger charge is 2.16. The van der Waals surface area contributed by atoms with Crippen LogP contribution in [0, 0.1) is 0 Å². The smallest absolute Gasteiger partial charge is 0.119 e. The van der Waals surface area contributed by atoms with E-state index in [-0.39, 0.29) is 6.10 Å². The fourth-order valence-corrected chi connectivity index (χ4v) is 3.40. The summed E-state index contributed by atoms with van der Waals surface area (Å²) >= 11 is 5.91. The second-order valence-electron chi connectivity index (χ2n) is 6.69. The second kappa shape index (κ2) is 9.23. The molecule has 0 aromatic heterocycles. The molecular weight excluding hydrogens is 334 g/mol. The Morgan fingerprint density at radius 2 is 1.68 bits per heavy atom. The van der Waals surface area contributed by atoms with Crippen molar-refractivity contribution >= 4 is 11.6 Å². The summed E-state index contributed by atoms with van der Waals surface area (Å²) in [5.74, 6) is 0.839. The van der Waals surface area contributed by atoms with Gasteiger partial charge in [0.25, 0.3) is 0 Å². The maximum atomic E-state index is 9.59. The maximum absolute atomic E-state index is 9.59. The molecule has 0 saturated carbocycles. The van der Waals surface area contributed by atoms with Gasteiger partial charge in [-0.15, -0.1) is 0 Å². The topological polar surface area (TPSA) is 32.7 Å². The Balaban J connectivity index is 1.49. The minimum Gasteiger partial charge on any atom is -0.489 e. The first-order valence-corrected chi connectivity index (χ1v) is 9.44. The highest BCUT2D eigenvalue weighted by Crippen LogP contribution is 2.19. The maximum Gasteiger partial charge on any atom is 0.119 e. The Morgan fingerprint density at radius 1 is 1.00 bits per heavy atom. The van der Waals surface area contributed by atoms with E-state index < -0.39 is 0 Å². The van der Waals surface area contributed by atoms with Gasteiger partial charge < -0.3 is 14.7 Å². The average Bonchev–Trinajstić information content (AvgIpc) is 2.64. The number of rotatable bonds is 7. The quantitative estimate of drug-likeness (QED) is 0.799. The number of aliphatic hydroxyl groups excluding tert-OH is 1. The van der Waals surface area contributed by atoms with E-state index >= 15 is 0 Å². The van der Waals surface area contributed by atoms with Crippen LogP contribution in [-0.4, -0.2) is 35.7 Å². The molecule has 1 fully saturated rings. The van der Waals surface area contributed by atoms with Crippen LogP contribution in [0.15, 0.2) is 48.5 Å². The van der Waals surface area contributed by atoms with Crippen LogP contribution in [0.1, 0.15) is 30.4 Å². The van der Waals surface area contributed by atoms with Gasteiger partial charge in [-0.2, -0.15) is 0 Å². The minimum absolute atomic E-state index is 0.0954. The van der Waals surface area contributed by atoms with Crippen LogP contribution < -0.4 is 4.74 Å². The van der Waals surface area contributed by atoms with Gasteiger partial charge in [0.1, 0.15) is 12.4 Å². The van der Waals surface area contributed by atoms with E-state index in [4.69, 9.17) is 16.3 Å². The van der Waals surface area contributed by atoms with Gasteiger partial charge in [0.15, 0.2) is 0 Å². The van der Waals surface area contributed by atoms with Gasteiger partial charge in [0, 0.05) is 18.1 Å². The molecule has 0 amide bonds. The molecule has 1 heterocycles. The van der Waals surface area contributed by atoms with E-state index in [1.165, 1.54) is 11.1 Å². The lowest BCUT2D eigenvalue weighted by Crippen LogP contribution is -2.36. The number of nitrogens with zero attached hydrogens (tertiary/aromatic N) is 1. The summed E-state index contributed by atoms with van der Waals surface area (Å²) in [7, 11) is 0. The molecule has 1 N–H and O–H groups in total. The van der Waals surface area contributed by atoms with E-state index in [1.54, 1.807) is 0 Å². The number of piperidine rings is 1. The fraction of sp³-hybridized carbons (Fsp3) is 0.429. The molecular formula is C21H26ClNO2. The third kappa shape index (κ3) is 5.74. The summed E-state index contributed by atoms with van der Waals surface area (Å²) in [5, 5.41) is 10.3. The lowest BCUT2D eigenvalue weighted by atomic mass is 10.0. The summed E-state index contributed by atoms with van der Waals surface area (Å²) < 4.78 is 5.90. The van der Waals surface area contributed by atoms with E-state index in [2.05, 4.69) is 29.2 Å². The molecule has 0 unspecified atom stereocenters. The van der Waals surface area contributed by atoms with Crippen LogP contribution >= 0.6 is 11.6 Å². The summed E-state index contributed by atoms with van der Waals surface area (Å²) in [5.41, 5.74) is 2.60. The summed E-state index contributed by atoms with van der Waals surface area (Å²) in [6, 6.07) is 16.0. The SMILES string of the molecule is OC1CCN(CCCc2ccccc2COc2ccc(Cl)cc2)CC1. The molecule has 1 aliphatic rings. The van der Waals surface area contributed by atoms with E-state index in [9.17, 15) is 5.11 Å². The summed E-state index contributed by atoms with van der Waals surface area (Å²) in [4.78, 5) is 2.46. The van der Waals surface area contributed by atoms with E-state index in [1.807, 2.05) is 24.3 Å². The molecule has 0 aliphatic carbocycles. The average molecular weight is 360 g/mol. The molecule has 25 heavy (non-hydrogen) atoms. The van der Waals surface area contributed by atoms with Gasteiger partial charge in [0.2, 0.25) is 0 Å². The molecule has 1 saturated heterocycles. The molecule has 0 bridgehead atoms. The van der Waals surface area contributed by atoms with Gasteiger partial charge in [0.05, 0.1) is 6.10 Å². The van der Waals surface area contributed by atoms with Crippen molar-refractivity contribution in [2.24, 2.45) is 0 Å². The lowest BCUT2D eigenvalue weighted by Gasteiger charge is -2.29. The van der Waals surface area contributed by atoms with Gasteiger partial charge in [-0.25, -0.2) is 0 Å². The normalized spacial score (nSPS) is 16.1. The standard InChI is InChI=1S/C21H26ClNO2/c22-19-7-9-21(10-8-19)25-16-18-5-2-1-4-17(18)6-3-13-23-14-11-20(24)12-15-23/h1-2,4-5,7-10,20,24H,3,6,11-16H2. The second-order valence-corrected chi connectivity index (χ2v) is 7.12. The van der Waals surface area contributed by atoms with Crippen LogP contribution in [-0.2, 0) is 13.0 Å². The molecule has 1 aliphatic heterocycles. The van der Waals surface area contributed by atoms with Crippen molar-refractivity contribution in [3.63, 3.8) is 0 Å². The lowest BCUT2D eigenvalue weighted by molar-refractivity contribution is 0.0821. The number of hydrogen-bond acceptors (Lipinski definition) is 3. The zero-order valence-electron chi connectivity index (χ0n) is 14.5. The molecule has 0 radical (unpaired) electrons. The van der Waals surface area contributed by atoms with Crippen LogP contribution in [0.3, 0.4) is 0 Å². The van der Waals surface area contributed by atoms with Crippen molar-refractivity contribution in [1.82, 2.24) is 4.90 Å².